The van der Waals surface area contributed by atoms with Crippen LogP contribution in [0.3, 0.4) is 0 Å². The summed E-state index contributed by atoms with van der Waals surface area (Å²) in [6, 6.07) is 18.1. The summed E-state index contributed by atoms with van der Waals surface area (Å²) in [5.41, 5.74) is 7.64. The monoisotopic (exact) mass is 594 g/mol. The number of nitrogens with one attached hydrogen (secondary N) is 1. The summed E-state index contributed by atoms with van der Waals surface area (Å²) in [5.74, 6) is -2.60. The van der Waals surface area contributed by atoms with Gasteiger partial charge in [0.2, 0.25) is 23.4 Å². The maximum Gasteiger partial charge on any atom is 0.407 e. The Hall–Kier alpha value is -3.84. The minimum Gasteiger partial charge on any atom is -0.445 e. The summed E-state index contributed by atoms with van der Waals surface area (Å²) in [4.78, 5) is 33.4. The van der Waals surface area contributed by atoms with E-state index in [-0.39, 0.29) is 30.7 Å². The Balaban J connectivity index is 1.26. The Labute approximate surface area is 251 Å². The second kappa shape index (κ2) is 16.1. The van der Waals surface area contributed by atoms with Crippen LogP contribution in [0, 0.1) is 0 Å². The average molecular weight is 595 g/mol. The van der Waals surface area contributed by atoms with Crippen molar-refractivity contribution < 1.29 is 29.1 Å². The van der Waals surface area contributed by atoms with E-state index in [1.165, 1.54) is 5.56 Å². The van der Waals surface area contributed by atoms with E-state index in [9.17, 15) is 19.8 Å². The number of hydrogen-bond acceptors (Lipinski definition) is 10. The van der Waals surface area contributed by atoms with Crippen LogP contribution in [0.2, 0.25) is 0 Å². The highest BCUT2D eigenvalue weighted by Gasteiger charge is 2.42. The van der Waals surface area contributed by atoms with Crippen LogP contribution >= 0.6 is 0 Å². The third kappa shape index (κ3) is 9.85. The van der Waals surface area contributed by atoms with Crippen LogP contribution in [0.5, 0.6) is 0 Å². The number of aliphatic hydroxyl groups is 2. The molecule has 1 atom stereocenters. The van der Waals surface area contributed by atoms with Gasteiger partial charge in [-0.25, -0.2) is 4.79 Å². The fourth-order valence-electron chi connectivity index (χ4n) is 4.99. The number of rotatable bonds is 15. The van der Waals surface area contributed by atoms with Gasteiger partial charge in [0, 0.05) is 32.6 Å². The largest absolute Gasteiger partial charge is 0.445 e. The maximum absolute atomic E-state index is 12.7. The standard InChI is InChI=1S/C31H42N6O6/c32-17-8-7-15-26(33-30(39)42-23-25-12-5-2-6-13-25)31(40,41)29-34-27(43-35-29)22-36-18-20-37(21-19-36)28(38)16-9-14-24-10-3-1-4-11-24/h1-6,10-13,26,40-41H,7-9,14-23,32H2,(H,33,39)/t26-/m0/s1. The van der Waals surface area contributed by atoms with Crippen LogP contribution in [0.1, 0.15) is 54.9 Å². The number of aromatic nitrogens is 2. The van der Waals surface area contributed by atoms with Gasteiger partial charge in [-0.15, -0.1) is 0 Å². The lowest BCUT2D eigenvalue weighted by Gasteiger charge is -2.34. The Morgan fingerprint density at radius 2 is 1.65 bits per heavy atom. The lowest BCUT2D eigenvalue weighted by atomic mass is 10.00. The number of carbonyl (C=O) groups is 2. The van der Waals surface area contributed by atoms with Crippen molar-refractivity contribution in [3.8, 4) is 0 Å². The summed E-state index contributed by atoms with van der Waals surface area (Å²) in [7, 11) is 0. The Bertz CT molecular complexity index is 1260. The van der Waals surface area contributed by atoms with Gasteiger partial charge in [0.05, 0.1) is 12.6 Å². The van der Waals surface area contributed by atoms with E-state index in [1.54, 1.807) is 0 Å². The number of piperazine rings is 1. The van der Waals surface area contributed by atoms with Crippen molar-refractivity contribution in [2.75, 3.05) is 32.7 Å². The molecule has 0 bridgehead atoms. The maximum atomic E-state index is 12.7. The molecule has 2 heterocycles. The molecule has 12 nitrogen and oxygen atoms in total. The highest BCUT2D eigenvalue weighted by molar-refractivity contribution is 5.76. The molecule has 1 aliphatic heterocycles. The molecule has 1 aliphatic rings. The highest BCUT2D eigenvalue weighted by Crippen LogP contribution is 2.24. The van der Waals surface area contributed by atoms with E-state index >= 15 is 0 Å². The molecule has 1 aromatic heterocycles. The number of hydrogen-bond donors (Lipinski definition) is 4. The molecule has 0 aliphatic carbocycles. The first-order valence-corrected chi connectivity index (χ1v) is 14.8. The van der Waals surface area contributed by atoms with Gasteiger partial charge in [0.25, 0.3) is 0 Å². The first-order chi connectivity index (χ1) is 20.8. The third-order valence-electron chi connectivity index (χ3n) is 7.52. The van der Waals surface area contributed by atoms with Crippen LogP contribution in [0.15, 0.2) is 65.2 Å². The molecule has 0 spiro atoms. The SMILES string of the molecule is NCCCC[C@H](NC(=O)OCc1ccccc1)C(O)(O)c1noc(CN2CCN(C(=O)CCCc3ccccc3)CC2)n1. The van der Waals surface area contributed by atoms with Crippen LogP contribution < -0.4 is 11.1 Å². The number of benzene rings is 2. The molecule has 232 valence electrons. The number of ether oxygens (including phenoxy) is 1. The first-order valence-electron chi connectivity index (χ1n) is 14.8. The van der Waals surface area contributed by atoms with Crippen LogP contribution in [0.25, 0.3) is 0 Å². The summed E-state index contributed by atoms with van der Waals surface area (Å²) < 4.78 is 10.6. The van der Waals surface area contributed by atoms with E-state index in [4.69, 9.17) is 15.0 Å². The zero-order chi connectivity index (χ0) is 30.5. The second-order valence-corrected chi connectivity index (χ2v) is 10.8. The molecule has 0 radical (unpaired) electrons. The van der Waals surface area contributed by atoms with Crippen molar-refractivity contribution >= 4 is 12.0 Å². The molecule has 43 heavy (non-hydrogen) atoms. The first kappa shape index (κ1) is 32.1. The molecule has 0 unspecified atom stereocenters. The molecule has 5 N–H and O–H groups in total. The predicted octanol–water partition coefficient (Wildman–Crippen LogP) is 2.30. The Morgan fingerprint density at radius 3 is 2.33 bits per heavy atom. The van der Waals surface area contributed by atoms with Crippen molar-refractivity contribution in [1.29, 1.82) is 0 Å². The van der Waals surface area contributed by atoms with Crippen LogP contribution in [0.4, 0.5) is 4.79 Å². The minimum absolute atomic E-state index is 0.0327. The topological polar surface area (TPSA) is 167 Å². The Kier molecular flexibility index (Phi) is 12.0. The Morgan fingerprint density at radius 1 is 0.977 bits per heavy atom. The number of unbranched alkanes of at least 4 members (excludes halogenated alkanes) is 1. The quantitative estimate of drug-likeness (QED) is 0.151. The summed E-state index contributed by atoms with van der Waals surface area (Å²) in [6.45, 7) is 3.19. The molecule has 1 fully saturated rings. The van der Waals surface area contributed by atoms with Crippen molar-refractivity contribution in [2.45, 2.75) is 63.5 Å². The van der Waals surface area contributed by atoms with Crippen LogP contribution in [-0.2, 0) is 34.9 Å². The van der Waals surface area contributed by atoms with Crippen molar-refractivity contribution in [3.63, 3.8) is 0 Å². The number of nitrogens with zero attached hydrogens (tertiary/aromatic N) is 4. The van der Waals surface area contributed by atoms with E-state index < -0.39 is 17.9 Å². The average Bonchev–Trinajstić information content (AvgIpc) is 3.50. The van der Waals surface area contributed by atoms with E-state index in [2.05, 4.69) is 32.5 Å². The van der Waals surface area contributed by atoms with Gasteiger partial charge in [-0.3, -0.25) is 9.69 Å². The van der Waals surface area contributed by atoms with Crippen LogP contribution in [-0.4, -0.2) is 80.9 Å². The number of aryl methyl sites for hydroxylation is 1. The van der Waals surface area contributed by atoms with Gasteiger partial charge in [0.1, 0.15) is 6.61 Å². The van der Waals surface area contributed by atoms with Gasteiger partial charge >= 0.3 is 6.09 Å². The molecule has 12 heteroatoms. The van der Waals surface area contributed by atoms with Gasteiger partial charge in [-0.1, -0.05) is 65.8 Å². The smallest absolute Gasteiger partial charge is 0.407 e. The van der Waals surface area contributed by atoms with E-state index in [1.807, 2.05) is 53.4 Å². The number of amides is 2. The zero-order valence-corrected chi connectivity index (χ0v) is 24.4. The lowest BCUT2D eigenvalue weighted by molar-refractivity contribution is -0.199. The fourth-order valence-corrected chi connectivity index (χ4v) is 4.99. The highest BCUT2D eigenvalue weighted by atomic mass is 16.6. The van der Waals surface area contributed by atoms with Crippen molar-refractivity contribution in [1.82, 2.24) is 25.3 Å². The summed E-state index contributed by atoms with van der Waals surface area (Å²) in [5, 5.41) is 28.5. The van der Waals surface area contributed by atoms with Crippen molar-refractivity contribution in [2.24, 2.45) is 5.73 Å². The number of carbonyl (C=O) groups excluding carboxylic acids is 2. The third-order valence-corrected chi connectivity index (χ3v) is 7.52. The minimum atomic E-state index is -2.60. The van der Waals surface area contributed by atoms with E-state index in [0.717, 1.165) is 18.4 Å². The molecule has 1 saturated heterocycles. The van der Waals surface area contributed by atoms with Gasteiger partial charge in [0.15, 0.2) is 0 Å². The molecule has 2 amide bonds. The normalized spacial score (nSPS) is 14.8. The number of alkyl carbamates (subject to hydrolysis) is 1. The second-order valence-electron chi connectivity index (χ2n) is 10.8. The predicted molar refractivity (Wildman–Crippen MR) is 158 cm³/mol. The fraction of sp³-hybridized carbons (Fsp3) is 0.484. The molecule has 0 saturated carbocycles. The lowest BCUT2D eigenvalue weighted by Crippen LogP contribution is -2.51. The molecular formula is C31H42N6O6. The van der Waals surface area contributed by atoms with Gasteiger partial charge < -0.3 is 35.4 Å². The van der Waals surface area contributed by atoms with Gasteiger partial charge in [-0.2, -0.15) is 4.98 Å². The molecule has 2 aromatic carbocycles. The molecule has 3 aromatic rings. The number of nitrogens with two attached hydrogens (primary N) is 1. The zero-order valence-electron chi connectivity index (χ0n) is 24.4. The summed E-state index contributed by atoms with van der Waals surface area (Å²) >= 11 is 0. The molecular weight excluding hydrogens is 552 g/mol. The van der Waals surface area contributed by atoms with Crippen molar-refractivity contribution in [3.05, 3.63) is 83.5 Å². The summed E-state index contributed by atoms with van der Waals surface area (Å²) in [6.07, 6.45) is 2.76. The molecule has 4 rings (SSSR count). The van der Waals surface area contributed by atoms with E-state index in [0.29, 0.717) is 58.5 Å². The van der Waals surface area contributed by atoms with Gasteiger partial charge in [-0.05, 0) is 49.8 Å².